The first kappa shape index (κ1) is 13.2. The quantitative estimate of drug-likeness (QED) is 0.690. The van der Waals surface area contributed by atoms with E-state index in [1.54, 1.807) is 42.2 Å². The maximum Gasteiger partial charge on any atom is 0.200 e. The predicted octanol–water partition coefficient (Wildman–Crippen LogP) is 2.58. The summed E-state index contributed by atoms with van der Waals surface area (Å²) in [5, 5.41) is 4.18. The summed E-state index contributed by atoms with van der Waals surface area (Å²) in [7, 11) is 3.10. The van der Waals surface area contributed by atoms with Gasteiger partial charge in [-0.3, -0.25) is 4.79 Å². The van der Waals surface area contributed by atoms with Crippen LogP contribution in [-0.4, -0.2) is 29.6 Å². The number of rotatable bonds is 4. The minimum Gasteiger partial charge on any atom is -0.497 e. The van der Waals surface area contributed by atoms with Crippen molar-refractivity contribution in [1.29, 1.82) is 0 Å². The van der Waals surface area contributed by atoms with Gasteiger partial charge in [-0.2, -0.15) is 5.10 Å². The standard InChI is InChI=1S/C16H14N2O3/c1-20-11-6-7-12(15(9-11)21-2)16(19)13-10-17-18-8-4-3-5-14(13)18/h3-10H,1-2H3. The van der Waals surface area contributed by atoms with Crippen LogP contribution in [0.15, 0.2) is 48.8 Å². The molecule has 2 heterocycles. The second-order valence-electron chi connectivity index (χ2n) is 4.48. The lowest BCUT2D eigenvalue weighted by molar-refractivity contribution is 0.103. The lowest BCUT2D eigenvalue weighted by Gasteiger charge is -2.09. The molecule has 5 heteroatoms. The first-order valence-corrected chi connectivity index (χ1v) is 6.43. The summed E-state index contributed by atoms with van der Waals surface area (Å²) in [6.07, 6.45) is 3.37. The zero-order valence-electron chi connectivity index (χ0n) is 11.7. The SMILES string of the molecule is COc1ccc(C(=O)c2cnn3ccccc23)c(OC)c1. The zero-order chi connectivity index (χ0) is 14.8. The van der Waals surface area contributed by atoms with Crippen molar-refractivity contribution in [1.82, 2.24) is 9.61 Å². The molecule has 0 spiro atoms. The molecular weight excluding hydrogens is 268 g/mol. The normalized spacial score (nSPS) is 10.6. The molecule has 0 unspecified atom stereocenters. The van der Waals surface area contributed by atoms with Crippen molar-refractivity contribution in [2.75, 3.05) is 14.2 Å². The maximum atomic E-state index is 12.7. The average Bonchev–Trinajstić information content (AvgIpc) is 2.97. The number of ketones is 1. The number of carbonyl (C=O) groups excluding carboxylic acids is 1. The van der Waals surface area contributed by atoms with Gasteiger partial charge in [0.1, 0.15) is 11.5 Å². The molecule has 3 rings (SSSR count). The lowest BCUT2D eigenvalue weighted by Crippen LogP contribution is -2.04. The largest absolute Gasteiger partial charge is 0.497 e. The van der Waals surface area contributed by atoms with Crippen LogP contribution in [0.25, 0.3) is 5.52 Å². The summed E-state index contributed by atoms with van der Waals surface area (Å²) in [5.74, 6) is 0.994. The first-order chi connectivity index (χ1) is 10.2. The molecule has 0 fully saturated rings. The Bertz CT molecular complexity index is 808. The molecule has 5 nitrogen and oxygen atoms in total. The Morgan fingerprint density at radius 2 is 1.95 bits per heavy atom. The number of pyridine rings is 1. The minimum atomic E-state index is -0.129. The van der Waals surface area contributed by atoms with E-state index in [2.05, 4.69) is 5.10 Å². The summed E-state index contributed by atoms with van der Waals surface area (Å²) >= 11 is 0. The van der Waals surface area contributed by atoms with Crippen LogP contribution in [0, 0.1) is 0 Å². The van der Waals surface area contributed by atoms with Crippen LogP contribution < -0.4 is 9.47 Å². The van der Waals surface area contributed by atoms with Crippen molar-refractivity contribution < 1.29 is 14.3 Å². The van der Waals surface area contributed by atoms with E-state index in [1.807, 2.05) is 18.2 Å². The van der Waals surface area contributed by atoms with E-state index in [9.17, 15) is 4.79 Å². The van der Waals surface area contributed by atoms with Crippen LogP contribution in [0.2, 0.25) is 0 Å². The summed E-state index contributed by atoms with van der Waals surface area (Å²) < 4.78 is 12.1. The van der Waals surface area contributed by atoms with E-state index >= 15 is 0 Å². The maximum absolute atomic E-state index is 12.7. The molecule has 0 bridgehead atoms. The highest BCUT2D eigenvalue weighted by Crippen LogP contribution is 2.27. The van der Waals surface area contributed by atoms with Crippen LogP contribution in [0.1, 0.15) is 15.9 Å². The highest BCUT2D eigenvalue weighted by atomic mass is 16.5. The molecule has 0 aliphatic heterocycles. The van der Waals surface area contributed by atoms with E-state index in [1.165, 1.54) is 7.11 Å². The minimum absolute atomic E-state index is 0.129. The third-order valence-electron chi connectivity index (χ3n) is 3.32. The van der Waals surface area contributed by atoms with Crippen LogP contribution in [0.4, 0.5) is 0 Å². The Morgan fingerprint density at radius 1 is 1.10 bits per heavy atom. The number of hydrogen-bond donors (Lipinski definition) is 0. The van der Waals surface area contributed by atoms with Gasteiger partial charge in [-0.1, -0.05) is 6.07 Å². The van der Waals surface area contributed by atoms with Crippen molar-refractivity contribution in [2.24, 2.45) is 0 Å². The van der Waals surface area contributed by atoms with Crippen molar-refractivity contribution in [3.8, 4) is 11.5 Å². The Morgan fingerprint density at radius 3 is 2.71 bits per heavy atom. The molecule has 2 aromatic heterocycles. The van der Waals surface area contributed by atoms with E-state index in [0.29, 0.717) is 22.6 Å². The number of fused-ring (bicyclic) bond motifs is 1. The van der Waals surface area contributed by atoms with Crippen molar-refractivity contribution >= 4 is 11.3 Å². The van der Waals surface area contributed by atoms with Crippen LogP contribution >= 0.6 is 0 Å². The van der Waals surface area contributed by atoms with Gasteiger partial charge < -0.3 is 9.47 Å². The monoisotopic (exact) mass is 282 g/mol. The fraction of sp³-hybridized carbons (Fsp3) is 0.125. The van der Waals surface area contributed by atoms with E-state index in [0.717, 1.165) is 5.52 Å². The molecule has 3 aromatic rings. The number of nitrogens with zero attached hydrogens (tertiary/aromatic N) is 2. The van der Waals surface area contributed by atoms with Crippen LogP contribution in [-0.2, 0) is 0 Å². The van der Waals surface area contributed by atoms with E-state index in [4.69, 9.17) is 9.47 Å². The zero-order valence-corrected chi connectivity index (χ0v) is 11.7. The predicted molar refractivity (Wildman–Crippen MR) is 78.2 cm³/mol. The third-order valence-corrected chi connectivity index (χ3v) is 3.32. The van der Waals surface area contributed by atoms with Gasteiger partial charge in [0.25, 0.3) is 0 Å². The molecule has 1 aromatic carbocycles. The molecule has 0 radical (unpaired) electrons. The number of methoxy groups -OCH3 is 2. The van der Waals surface area contributed by atoms with Gasteiger partial charge in [0.15, 0.2) is 0 Å². The van der Waals surface area contributed by atoms with Gasteiger partial charge in [0.05, 0.1) is 37.1 Å². The Balaban J connectivity index is 2.10. The molecule has 0 amide bonds. The summed E-state index contributed by atoms with van der Waals surface area (Å²) in [4.78, 5) is 12.7. The molecule has 0 saturated carbocycles. The van der Waals surface area contributed by atoms with Crippen LogP contribution in [0.3, 0.4) is 0 Å². The number of hydrogen-bond acceptors (Lipinski definition) is 4. The summed E-state index contributed by atoms with van der Waals surface area (Å²) in [5.41, 5.74) is 1.79. The van der Waals surface area contributed by atoms with E-state index < -0.39 is 0 Å². The van der Waals surface area contributed by atoms with Gasteiger partial charge >= 0.3 is 0 Å². The lowest BCUT2D eigenvalue weighted by atomic mass is 10.0. The van der Waals surface area contributed by atoms with E-state index in [-0.39, 0.29) is 5.78 Å². The third kappa shape index (κ3) is 2.23. The molecule has 0 aliphatic carbocycles. The van der Waals surface area contributed by atoms with Gasteiger partial charge in [-0.05, 0) is 24.3 Å². The highest BCUT2D eigenvalue weighted by Gasteiger charge is 2.18. The second-order valence-corrected chi connectivity index (χ2v) is 4.48. The second kappa shape index (κ2) is 5.28. The topological polar surface area (TPSA) is 52.8 Å². The molecule has 0 aliphatic rings. The fourth-order valence-electron chi connectivity index (χ4n) is 2.24. The Kier molecular flexibility index (Phi) is 3.31. The van der Waals surface area contributed by atoms with Crippen molar-refractivity contribution in [3.05, 3.63) is 59.9 Å². The Labute approximate surface area is 121 Å². The first-order valence-electron chi connectivity index (χ1n) is 6.43. The number of aromatic nitrogens is 2. The number of benzene rings is 1. The molecule has 0 N–H and O–H groups in total. The molecule has 21 heavy (non-hydrogen) atoms. The molecule has 0 atom stereocenters. The molecule has 106 valence electrons. The van der Waals surface area contributed by atoms with Gasteiger partial charge in [-0.25, -0.2) is 4.52 Å². The molecule has 0 saturated heterocycles. The van der Waals surface area contributed by atoms with Crippen molar-refractivity contribution in [3.63, 3.8) is 0 Å². The van der Waals surface area contributed by atoms with Gasteiger partial charge in [0, 0.05) is 12.3 Å². The van der Waals surface area contributed by atoms with Gasteiger partial charge in [-0.15, -0.1) is 0 Å². The summed E-state index contributed by atoms with van der Waals surface area (Å²) in [6.45, 7) is 0. The highest BCUT2D eigenvalue weighted by molar-refractivity contribution is 6.14. The average molecular weight is 282 g/mol. The fourth-order valence-corrected chi connectivity index (χ4v) is 2.24. The summed E-state index contributed by atoms with van der Waals surface area (Å²) in [6, 6.07) is 10.7. The number of ether oxygens (including phenoxy) is 2. The van der Waals surface area contributed by atoms with Crippen LogP contribution in [0.5, 0.6) is 11.5 Å². The Hall–Kier alpha value is -2.82. The number of carbonyl (C=O) groups is 1. The molecular formula is C16H14N2O3. The smallest absolute Gasteiger partial charge is 0.200 e. The van der Waals surface area contributed by atoms with Crippen molar-refractivity contribution in [2.45, 2.75) is 0 Å². The van der Waals surface area contributed by atoms with Gasteiger partial charge in [0.2, 0.25) is 5.78 Å².